The summed E-state index contributed by atoms with van der Waals surface area (Å²) in [5, 5.41) is 0.468. The molecule has 0 radical (unpaired) electrons. The predicted octanol–water partition coefficient (Wildman–Crippen LogP) is 6.24. The quantitative estimate of drug-likeness (QED) is 0.187. The first-order chi connectivity index (χ1) is 14.2. The number of amidine groups is 1. The summed E-state index contributed by atoms with van der Waals surface area (Å²) in [4.78, 5) is 23.0. The van der Waals surface area contributed by atoms with Crippen molar-refractivity contribution in [2.75, 3.05) is 19.1 Å². The second-order valence-corrected chi connectivity index (χ2v) is 17.6. The standard InChI is InChI=1S/C21H33BrFN3O3SSi/c1-20(2,3)29-19(27)26(14-28-9-11-31(5,6)7)18-25-21(4,8-10-30-18)16-12-15(22)13-24-17(16)23/h12-13H,8-11,14H2,1-7H3/t21-/m0/s1. The maximum absolute atomic E-state index is 14.5. The summed E-state index contributed by atoms with van der Waals surface area (Å²) in [5.41, 5.74) is -1.11. The number of pyridine rings is 1. The van der Waals surface area contributed by atoms with Gasteiger partial charge in [-0.05, 0) is 62.2 Å². The Morgan fingerprint density at radius 1 is 1.39 bits per heavy atom. The van der Waals surface area contributed by atoms with E-state index in [1.54, 1.807) is 6.07 Å². The van der Waals surface area contributed by atoms with E-state index in [2.05, 4.69) is 40.6 Å². The van der Waals surface area contributed by atoms with Crippen LogP contribution in [0.4, 0.5) is 9.18 Å². The van der Waals surface area contributed by atoms with Crippen LogP contribution in [0, 0.1) is 5.95 Å². The molecule has 0 aliphatic carbocycles. The summed E-state index contributed by atoms with van der Waals surface area (Å²) in [7, 11) is -1.26. The van der Waals surface area contributed by atoms with Crippen LogP contribution >= 0.6 is 27.7 Å². The molecule has 0 aromatic carbocycles. The van der Waals surface area contributed by atoms with E-state index in [1.165, 1.54) is 22.9 Å². The summed E-state index contributed by atoms with van der Waals surface area (Å²) < 4.78 is 26.7. The van der Waals surface area contributed by atoms with Gasteiger partial charge in [-0.25, -0.2) is 14.7 Å². The number of aliphatic imine (C=N–C) groups is 1. The molecule has 1 aromatic heterocycles. The van der Waals surface area contributed by atoms with Crippen molar-refractivity contribution >= 4 is 47.0 Å². The van der Waals surface area contributed by atoms with Gasteiger partial charge in [-0.1, -0.05) is 31.4 Å². The highest BCUT2D eigenvalue weighted by atomic mass is 79.9. The molecule has 1 atom stereocenters. The van der Waals surface area contributed by atoms with Crippen LogP contribution in [-0.2, 0) is 15.0 Å². The third-order valence-corrected chi connectivity index (χ3v) is 7.73. The molecule has 1 amide bonds. The minimum Gasteiger partial charge on any atom is -0.443 e. The zero-order chi connectivity index (χ0) is 23.4. The molecule has 174 valence electrons. The number of thioether (sulfide) groups is 1. The molecule has 0 unspecified atom stereocenters. The Labute approximate surface area is 198 Å². The fourth-order valence-corrected chi connectivity index (χ4v) is 5.13. The van der Waals surface area contributed by atoms with E-state index in [9.17, 15) is 9.18 Å². The fraction of sp³-hybridized carbons (Fsp3) is 0.667. The van der Waals surface area contributed by atoms with Gasteiger partial charge in [0.25, 0.3) is 0 Å². The van der Waals surface area contributed by atoms with Crippen LogP contribution in [0.1, 0.15) is 39.7 Å². The molecule has 0 saturated carbocycles. The van der Waals surface area contributed by atoms with Gasteiger partial charge < -0.3 is 9.47 Å². The van der Waals surface area contributed by atoms with E-state index >= 15 is 0 Å². The van der Waals surface area contributed by atoms with E-state index in [4.69, 9.17) is 14.5 Å². The largest absolute Gasteiger partial charge is 0.443 e. The lowest BCUT2D eigenvalue weighted by molar-refractivity contribution is 0.0110. The second kappa shape index (κ2) is 10.3. The number of amides is 1. The van der Waals surface area contributed by atoms with Gasteiger partial charge in [-0.3, -0.25) is 4.99 Å². The first kappa shape index (κ1) is 26.3. The smallest absolute Gasteiger partial charge is 0.418 e. The van der Waals surface area contributed by atoms with Gasteiger partial charge in [0, 0.05) is 36.7 Å². The van der Waals surface area contributed by atoms with E-state index in [0.717, 1.165) is 6.04 Å². The number of ether oxygens (including phenoxy) is 2. The highest BCUT2D eigenvalue weighted by molar-refractivity contribution is 9.10. The summed E-state index contributed by atoms with van der Waals surface area (Å²) >= 11 is 4.81. The summed E-state index contributed by atoms with van der Waals surface area (Å²) in [5.74, 6) is 0.117. The topological polar surface area (TPSA) is 64.0 Å². The summed E-state index contributed by atoms with van der Waals surface area (Å²) in [6, 6.07) is 2.68. The number of halogens is 2. The highest BCUT2D eigenvalue weighted by Gasteiger charge is 2.37. The monoisotopic (exact) mass is 533 g/mol. The van der Waals surface area contributed by atoms with E-state index in [1.807, 2.05) is 27.7 Å². The molecule has 10 heteroatoms. The minimum absolute atomic E-state index is 0.0422. The molecule has 6 nitrogen and oxygen atoms in total. The lowest BCUT2D eigenvalue weighted by Gasteiger charge is -2.35. The molecule has 0 saturated heterocycles. The van der Waals surface area contributed by atoms with Crippen molar-refractivity contribution < 1.29 is 18.7 Å². The van der Waals surface area contributed by atoms with E-state index < -0.39 is 31.3 Å². The first-order valence-corrected chi connectivity index (χ1v) is 15.8. The normalized spacial score (nSPS) is 19.7. The summed E-state index contributed by atoms with van der Waals surface area (Å²) in [6.45, 7) is 14.7. The number of hydrogen-bond donors (Lipinski definition) is 0. The second-order valence-electron chi connectivity index (χ2n) is 10.0. The number of rotatable bonds is 6. The highest BCUT2D eigenvalue weighted by Crippen LogP contribution is 2.38. The Hall–Kier alpha value is -0.973. The number of carbonyl (C=O) groups is 1. The molecule has 0 N–H and O–H groups in total. The van der Waals surface area contributed by atoms with Gasteiger partial charge in [0.15, 0.2) is 5.17 Å². The SMILES string of the molecule is CC(C)(C)OC(=O)N(COCC[Si](C)(C)C)C1=N[C@](C)(c2cc(Br)cnc2F)CCS1. The molecule has 31 heavy (non-hydrogen) atoms. The Bertz CT molecular complexity index is 829. The molecular weight excluding hydrogens is 501 g/mol. The molecule has 2 rings (SSSR count). The van der Waals surface area contributed by atoms with Crippen LogP contribution in [0.2, 0.25) is 25.7 Å². The van der Waals surface area contributed by atoms with Gasteiger partial charge in [0.05, 0.1) is 5.54 Å². The van der Waals surface area contributed by atoms with Crippen molar-refractivity contribution in [2.45, 2.75) is 70.9 Å². The number of aromatic nitrogens is 1. The van der Waals surface area contributed by atoms with Crippen molar-refractivity contribution in [3.63, 3.8) is 0 Å². The van der Waals surface area contributed by atoms with Crippen molar-refractivity contribution in [1.82, 2.24) is 9.88 Å². The Balaban J connectivity index is 2.31. The number of carbonyl (C=O) groups excluding carboxylic acids is 1. The predicted molar refractivity (Wildman–Crippen MR) is 131 cm³/mol. The zero-order valence-electron chi connectivity index (χ0n) is 19.4. The third kappa shape index (κ3) is 8.14. The molecule has 2 heterocycles. The van der Waals surface area contributed by atoms with Crippen molar-refractivity contribution in [2.24, 2.45) is 4.99 Å². The van der Waals surface area contributed by atoms with Gasteiger partial charge in [-0.15, -0.1) is 0 Å². The third-order valence-electron chi connectivity index (χ3n) is 4.61. The van der Waals surface area contributed by atoms with E-state index in [0.29, 0.717) is 34.0 Å². The lowest BCUT2D eigenvalue weighted by atomic mass is 9.91. The summed E-state index contributed by atoms with van der Waals surface area (Å²) in [6.07, 6.45) is 1.52. The molecule has 1 aliphatic rings. The van der Waals surface area contributed by atoms with Gasteiger partial charge in [-0.2, -0.15) is 4.39 Å². The molecule has 0 fully saturated rings. The Morgan fingerprint density at radius 2 is 2.06 bits per heavy atom. The molecule has 1 aromatic rings. The van der Waals surface area contributed by atoms with Crippen LogP contribution in [0.3, 0.4) is 0 Å². The molecular formula is C21H33BrFN3O3SSi. The molecule has 0 spiro atoms. The van der Waals surface area contributed by atoms with Crippen molar-refractivity contribution in [3.8, 4) is 0 Å². The number of hydrogen-bond acceptors (Lipinski definition) is 6. The average molecular weight is 535 g/mol. The van der Waals surface area contributed by atoms with Crippen LogP contribution < -0.4 is 0 Å². The molecule has 0 bridgehead atoms. The van der Waals surface area contributed by atoms with E-state index in [-0.39, 0.29) is 6.73 Å². The minimum atomic E-state index is -1.26. The number of nitrogens with zero attached hydrogens (tertiary/aromatic N) is 3. The fourth-order valence-electron chi connectivity index (χ4n) is 2.81. The van der Waals surface area contributed by atoms with Gasteiger partial charge in [0.1, 0.15) is 12.3 Å². The van der Waals surface area contributed by atoms with Crippen LogP contribution in [-0.4, -0.2) is 53.9 Å². The van der Waals surface area contributed by atoms with Gasteiger partial charge in [0.2, 0.25) is 5.95 Å². The van der Waals surface area contributed by atoms with Gasteiger partial charge >= 0.3 is 6.09 Å². The zero-order valence-corrected chi connectivity index (χ0v) is 22.8. The molecule has 1 aliphatic heterocycles. The maximum Gasteiger partial charge on any atom is 0.418 e. The Morgan fingerprint density at radius 3 is 2.68 bits per heavy atom. The van der Waals surface area contributed by atoms with Crippen LogP contribution in [0.15, 0.2) is 21.7 Å². The lowest BCUT2D eigenvalue weighted by Crippen LogP contribution is -2.44. The Kier molecular flexibility index (Phi) is 8.74. The van der Waals surface area contributed by atoms with Crippen molar-refractivity contribution in [1.29, 1.82) is 0 Å². The van der Waals surface area contributed by atoms with Crippen LogP contribution in [0.5, 0.6) is 0 Å². The van der Waals surface area contributed by atoms with Crippen molar-refractivity contribution in [3.05, 3.63) is 28.2 Å². The van der Waals surface area contributed by atoms with Crippen LogP contribution in [0.25, 0.3) is 0 Å². The maximum atomic E-state index is 14.5. The average Bonchev–Trinajstić information content (AvgIpc) is 2.61. The first-order valence-electron chi connectivity index (χ1n) is 10.3.